The summed E-state index contributed by atoms with van der Waals surface area (Å²) in [6.45, 7) is 3.01. The van der Waals surface area contributed by atoms with Gasteiger partial charge in [0.2, 0.25) is 0 Å². The van der Waals surface area contributed by atoms with Gasteiger partial charge in [-0.1, -0.05) is 0 Å². The maximum Gasteiger partial charge on any atom is 0.434 e. The number of alkyl halides is 3. The molecule has 1 rings (SSSR count). The number of esters is 1. The van der Waals surface area contributed by atoms with Crippen LogP contribution in [0.15, 0.2) is 4.47 Å². The Hall–Kier alpha value is -1.31. The first-order chi connectivity index (χ1) is 8.20. The topological polar surface area (TPSA) is 65.2 Å². The molecule has 0 unspecified atom stereocenters. The molecule has 1 aromatic rings. The van der Waals surface area contributed by atoms with E-state index in [0.717, 1.165) is 0 Å². The van der Waals surface area contributed by atoms with E-state index in [2.05, 4.69) is 20.9 Å². The lowest BCUT2D eigenvalue weighted by Crippen LogP contribution is -2.17. The third kappa shape index (κ3) is 2.74. The van der Waals surface area contributed by atoms with E-state index < -0.39 is 23.7 Å². The van der Waals surface area contributed by atoms with E-state index in [-0.39, 0.29) is 22.2 Å². The number of rotatable bonds is 2. The molecule has 0 aliphatic rings. The average molecular weight is 327 g/mol. The Labute approximate surface area is 109 Å². The first-order valence-electron chi connectivity index (χ1n) is 4.90. The highest BCUT2D eigenvalue weighted by Gasteiger charge is 2.37. The zero-order chi connectivity index (χ0) is 14.1. The number of carbonyl (C=O) groups is 1. The number of anilines is 1. The number of nitrogens with zero attached hydrogens (tertiary/aromatic N) is 1. The van der Waals surface area contributed by atoms with Crippen LogP contribution in [0.2, 0.25) is 0 Å². The molecule has 0 saturated heterocycles. The van der Waals surface area contributed by atoms with E-state index in [0.29, 0.717) is 0 Å². The molecular weight excluding hydrogens is 317 g/mol. The van der Waals surface area contributed by atoms with E-state index in [1.807, 2.05) is 0 Å². The smallest absolute Gasteiger partial charge is 0.434 e. The van der Waals surface area contributed by atoms with Gasteiger partial charge in [0.05, 0.1) is 11.1 Å². The second-order valence-electron chi connectivity index (χ2n) is 3.38. The Morgan fingerprint density at radius 1 is 1.50 bits per heavy atom. The number of halogens is 4. The fourth-order valence-corrected chi connectivity index (χ4v) is 1.87. The van der Waals surface area contributed by atoms with Crippen LogP contribution in [-0.4, -0.2) is 17.6 Å². The van der Waals surface area contributed by atoms with Gasteiger partial charge in [-0.25, -0.2) is 9.78 Å². The lowest BCUT2D eigenvalue weighted by atomic mass is 10.1. The van der Waals surface area contributed by atoms with Crippen molar-refractivity contribution in [3.63, 3.8) is 0 Å². The van der Waals surface area contributed by atoms with Crippen LogP contribution in [0, 0.1) is 6.92 Å². The summed E-state index contributed by atoms with van der Waals surface area (Å²) >= 11 is 2.77. The van der Waals surface area contributed by atoms with Crippen LogP contribution in [0.1, 0.15) is 28.5 Å². The summed E-state index contributed by atoms with van der Waals surface area (Å²) in [5, 5.41) is 0. The maximum absolute atomic E-state index is 12.6. The minimum Gasteiger partial charge on any atom is -0.462 e. The third-order valence-corrected chi connectivity index (χ3v) is 3.12. The van der Waals surface area contributed by atoms with Crippen molar-refractivity contribution in [3.8, 4) is 0 Å². The van der Waals surface area contributed by atoms with Crippen molar-refractivity contribution in [2.24, 2.45) is 0 Å². The average Bonchev–Trinajstić information content (AvgIpc) is 2.22. The number of aromatic nitrogens is 1. The number of nitrogen functional groups attached to an aromatic ring is 1. The summed E-state index contributed by atoms with van der Waals surface area (Å²) in [4.78, 5) is 14.8. The molecule has 0 aromatic carbocycles. The number of carbonyl (C=O) groups excluding carboxylic acids is 1. The van der Waals surface area contributed by atoms with Gasteiger partial charge in [0.15, 0.2) is 5.69 Å². The summed E-state index contributed by atoms with van der Waals surface area (Å²) in [5.74, 6) is -1.30. The van der Waals surface area contributed by atoms with Gasteiger partial charge < -0.3 is 10.5 Å². The van der Waals surface area contributed by atoms with Gasteiger partial charge in [0.1, 0.15) is 11.4 Å². The number of ether oxygens (including phenoxy) is 1. The quantitative estimate of drug-likeness (QED) is 0.848. The molecule has 0 aliphatic carbocycles. The fraction of sp³-hybridized carbons (Fsp3) is 0.400. The Bertz CT molecular complexity index is 489. The third-order valence-electron chi connectivity index (χ3n) is 2.15. The van der Waals surface area contributed by atoms with Gasteiger partial charge in [-0.15, -0.1) is 0 Å². The van der Waals surface area contributed by atoms with Crippen molar-refractivity contribution in [3.05, 3.63) is 21.3 Å². The molecule has 0 fully saturated rings. The Morgan fingerprint density at radius 3 is 2.50 bits per heavy atom. The zero-order valence-electron chi connectivity index (χ0n) is 9.56. The van der Waals surface area contributed by atoms with Gasteiger partial charge in [-0.2, -0.15) is 13.2 Å². The molecule has 0 spiro atoms. The van der Waals surface area contributed by atoms with Gasteiger partial charge >= 0.3 is 12.1 Å². The summed E-state index contributed by atoms with van der Waals surface area (Å²) in [5.41, 5.74) is 4.12. The molecular formula is C10H10BrF3N2O2. The largest absolute Gasteiger partial charge is 0.462 e. The monoisotopic (exact) mass is 326 g/mol. The minimum absolute atomic E-state index is 0.0493. The van der Waals surface area contributed by atoms with Crippen molar-refractivity contribution in [1.82, 2.24) is 4.98 Å². The van der Waals surface area contributed by atoms with Crippen molar-refractivity contribution in [2.75, 3.05) is 12.3 Å². The maximum atomic E-state index is 12.6. The molecule has 1 heterocycles. The van der Waals surface area contributed by atoms with Crippen LogP contribution < -0.4 is 5.73 Å². The highest BCUT2D eigenvalue weighted by molar-refractivity contribution is 9.10. The lowest BCUT2D eigenvalue weighted by Gasteiger charge is -2.14. The van der Waals surface area contributed by atoms with E-state index in [1.54, 1.807) is 6.92 Å². The second-order valence-corrected chi connectivity index (χ2v) is 4.17. The van der Waals surface area contributed by atoms with Gasteiger partial charge in [0, 0.05) is 0 Å². The summed E-state index contributed by atoms with van der Waals surface area (Å²) in [6, 6.07) is 0. The molecule has 18 heavy (non-hydrogen) atoms. The number of nitrogens with two attached hydrogens (primary N) is 1. The van der Waals surface area contributed by atoms with Crippen molar-refractivity contribution < 1.29 is 22.7 Å². The van der Waals surface area contributed by atoms with E-state index in [1.165, 1.54) is 6.92 Å². The molecule has 1 aromatic heterocycles. The molecule has 4 nitrogen and oxygen atoms in total. The van der Waals surface area contributed by atoms with E-state index in [4.69, 9.17) is 10.5 Å². The molecule has 0 bridgehead atoms. The number of hydrogen-bond acceptors (Lipinski definition) is 4. The molecule has 2 N–H and O–H groups in total. The van der Waals surface area contributed by atoms with Crippen molar-refractivity contribution >= 4 is 27.7 Å². The van der Waals surface area contributed by atoms with Crippen LogP contribution in [0.25, 0.3) is 0 Å². The van der Waals surface area contributed by atoms with Crippen LogP contribution in [-0.2, 0) is 10.9 Å². The summed E-state index contributed by atoms with van der Waals surface area (Å²) < 4.78 is 42.3. The molecule has 8 heteroatoms. The van der Waals surface area contributed by atoms with Gasteiger partial charge in [-0.3, -0.25) is 0 Å². The van der Waals surface area contributed by atoms with Crippen molar-refractivity contribution in [1.29, 1.82) is 0 Å². The summed E-state index contributed by atoms with van der Waals surface area (Å²) in [6.07, 6.45) is -4.65. The normalized spacial score (nSPS) is 11.4. The predicted octanol–water partition coefficient (Wildman–Crippen LogP) is 2.93. The highest BCUT2D eigenvalue weighted by atomic mass is 79.9. The van der Waals surface area contributed by atoms with Crippen LogP contribution >= 0.6 is 15.9 Å². The molecule has 0 aliphatic heterocycles. The van der Waals surface area contributed by atoms with Crippen LogP contribution in [0.4, 0.5) is 19.0 Å². The molecule has 0 saturated carbocycles. The van der Waals surface area contributed by atoms with E-state index in [9.17, 15) is 18.0 Å². The van der Waals surface area contributed by atoms with Gasteiger partial charge in [0.25, 0.3) is 0 Å². The van der Waals surface area contributed by atoms with E-state index >= 15 is 0 Å². The predicted molar refractivity (Wildman–Crippen MR) is 62.0 cm³/mol. The van der Waals surface area contributed by atoms with Crippen LogP contribution in [0.5, 0.6) is 0 Å². The van der Waals surface area contributed by atoms with Gasteiger partial charge in [-0.05, 0) is 35.3 Å². The standard InChI is InChI=1S/C10H10BrF3N2O2/c1-3-18-9(17)5-4(2)6(11)7(10(12,13)14)16-8(5)15/h3H2,1-2H3,(H2,15,16). The van der Waals surface area contributed by atoms with Crippen molar-refractivity contribution in [2.45, 2.75) is 20.0 Å². The molecule has 0 radical (unpaired) electrons. The van der Waals surface area contributed by atoms with Crippen LogP contribution in [0.3, 0.4) is 0 Å². The zero-order valence-corrected chi connectivity index (χ0v) is 11.1. The summed E-state index contributed by atoms with van der Waals surface area (Å²) in [7, 11) is 0. The number of hydrogen-bond donors (Lipinski definition) is 1. The molecule has 0 atom stereocenters. The lowest BCUT2D eigenvalue weighted by molar-refractivity contribution is -0.141. The Morgan fingerprint density at radius 2 is 2.06 bits per heavy atom. The second kappa shape index (κ2) is 5.13. The first-order valence-corrected chi connectivity index (χ1v) is 5.69. The highest BCUT2D eigenvalue weighted by Crippen LogP contribution is 2.37. The Kier molecular flexibility index (Phi) is 4.20. The minimum atomic E-state index is -4.65. The SMILES string of the molecule is CCOC(=O)c1c(N)nc(C(F)(F)F)c(Br)c1C. The first kappa shape index (κ1) is 14.7. The Balaban J connectivity index is 3.43. The molecule has 0 amide bonds. The molecule has 100 valence electrons. The fourth-order valence-electron chi connectivity index (χ4n) is 1.35. The number of pyridine rings is 1.